The zero-order valence-corrected chi connectivity index (χ0v) is 11.1. The molecule has 2 aliphatic rings. The Morgan fingerprint density at radius 3 is 2.17 bits per heavy atom. The molecule has 1 saturated carbocycles. The molecule has 2 amide bonds. The van der Waals surface area contributed by atoms with Gasteiger partial charge in [0.05, 0.1) is 18.4 Å². The fourth-order valence-electron chi connectivity index (χ4n) is 2.67. The number of aliphatic hydroxyl groups is 1. The summed E-state index contributed by atoms with van der Waals surface area (Å²) in [5.41, 5.74) is 0.932. The van der Waals surface area contributed by atoms with Crippen molar-refractivity contribution in [2.45, 2.75) is 6.54 Å². The van der Waals surface area contributed by atoms with E-state index in [1.54, 1.807) is 0 Å². The smallest absolute Gasteiger partial charge is 0.233 e. The van der Waals surface area contributed by atoms with E-state index in [1.807, 2.05) is 24.3 Å². The molecule has 2 atom stereocenters. The summed E-state index contributed by atoms with van der Waals surface area (Å²) >= 11 is 3.34. The number of carbonyl (C=O) groups is 2. The van der Waals surface area contributed by atoms with Crippen molar-refractivity contribution >= 4 is 27.7 Å². The molecular formula is C13H12BrNO3. The number of rotatable bonds is 3. The summed E-state index contributed by atoms with van der Waals surface area (Å²) in [6.07, 6.45) is 0. The SMILES string of the molecule is O=C1C2C(CO)C2C(=O)N1Cc1ccc(Br)cc1. The van der Waals surface area contributed by atoms with Gasteiger partial charge in [-0.15, -0.1) is 0 Å². The Balaban J connectivity index is 1.74. The Labute approximate surface area is 113 Å². The maximum Gasteiger partial charge on any atom is 0.233 e. The first-order valence-electron chi connectivity index (χ1n) is 5.84. The summed E-state index contributed by atoms with van der Waals surface area (Å²) < 4.78 is 0.966. The quantitative estimate of drug-likeness (QED) is 0.853. The van der Waals surface area contributed by atoms with Gasteiger partial charge in [-0.2, -0.15) is 0 Å². The van der Waals surface area contributed by atoms with Gasteiger partial charge in [0.25, 0.3) is 0 Å². The number of halogens is 1. The first-order chi connectivity index (χ1) is 8.63. The van der Waals surface area contributed by atoms with Crippen LogP contribution in [0.5, 0.6) is 0 Å². The van der Waals surface area contributed by atoms with Gasteiger partial charge in [0, 0.05) is 17.0 Å². The van der Waals surface area contributed by atoms with E-state index in [0.717, 1.165) is 10.0 Å². The highest BCUT2D eigenvalue weighted by atomic mass is 79.9. The van der Waals surface area contributed by atoms with Crippen molar-refractivity contribution in [3.63, 3.8) is 0 Å². The van der Waals surface area contributed by atoms with Gasteiger partial charge in [0.15, 0.2) is 0 Å². The van der Waals surface area contributed by atoms with Crippen LogP contribution >= 0.6 is 15.9 Å². The van der Waals surface area contributed by atoms with Gasteiger partial charge in [-0.05, 0) is 17.7 Å². The van der Waals surface area contributed by atoms with E-state index >= 15 is 0 Å². The second kappa shape index (κ2) is 4.17. The van der Waals surface area contributed by atoms with E-state index in [1.165, 1.54) is 4.90 Å². The van der Waals surface area contributed by atoms with Crippen molar-refractivity contribution in [2.75, 3.05) is 6.61 Å². The van der Waals surface area contributed by atoms with Crippen LogP contribution in [0, 0.1) is 17.8 Å². The van der Waals surface area contributed by atoms with E-state index in [4.69, 9.17) is 5.11 Å². The second-order valence-corrected chi connectivity index (χ2v) is 5.70. The molecule has 18 heavy (non-hydrogen) atoms. The minimum Gasteiger partial charge on any atom is -0.396 e. The molecule has 1 aromatic rings. The van der Waals surface area contributed by atoms with Crippen LogP contribution in [0.4, 0.5) is 0 Å². The number of imide groups is 1. The summed E-state index contributed by atoms with van der Waals surface area (Å²) in [6, 6.07) is 7.55. The van der Waals surface area contributed by atoms with Gasteiger partial charge < -0.3 is 5.11 Å². The third-order valence-corrected chi connectivity index (χ3v) is 4.26. The molecule has 3 rings (SSSR count). The lowest BCUT2D eigenvalue weighted by Gasteiger charge is -2.17. The van der Waals surface area contributed by atoms with Gasteiger partial charge in [0.1, 0.15) is 0 Å². The molecule has 1 aliphatic heterocycles. The van der Waals surface area contributed by atoms with Crippen molar-refractivity contribution in [2.24, 2.45) is 17.8 Å². The number of hydrogen-bond donors (Lipinski definition) is 1. The Kier molecular flexibility index (Phi) is 2.75. The van der Waals surface area contributed by atoms with Crippen LogP contribution in [0.1, 0.15) is 5.56 Å². The number of likely N-dealkylation sites (tertiary alicyclic amines) is 1. The highest BCUT2D eigenvalue weighted by Gasteiger charge is 2.66. The van der Waals surface area contributed by atoms with Crippen molar-refractivity contribution in [1.82, 2.24) is 4.90 Å². The van der Waals surface area contributed by atoms with E-state index < -0.39 is 0 Å². The van der Waals surface area contributed by atoms with Gasteiger partial charge in [-0.3, -0.25) is 14.5 Å². The zero-order valence-electron chi connectivity index (χ0n) is 9.54. The van der Waals surface area contributed by atoms with E-state index in [0.29, 0.717) is 6.54 Å². The summed E-state index contributed by atoms with van der Waals surface area (Å²) in [4.78, 5) is 25.3. The van der Waals surface area contributed by atoms with Crippen LogP contribution in [0.15, 0.2) is 28.7 Å². The largest absolute Gasteiger partial charge is 0.396 e. The average Bonchev–Trinajstić information content (AvgIpc) is 3.05. The fraction of sp³-hybridized carbons (Fsp3) is 0.385. The molecule has 0 radical (unpaired) electrons. The molecule has 0 bridgehead atoms. The summed E-state index contributed by atoms with van der Waals surface area (Å²) in [7, 11) is 0. The molecular weight excluding hydrogens is 298 g/mol. The van der Waals surface area contributed by atoms with Crippen molar-refractivity contribution in [3.05, 3.63) is 34.3 Å². The first-order valence-corrected chi connectivity index (χ1v) is 6.63. The monoisotopic (exact) mass is 309 g/mol. The molecule has 5 heteroatoms. The lowest BCUT2D eigenvalue weighted by Crippen LogP contribution is -2.34. The number of nitrogens with zero attached hydrogens (tertiary/aromatic N) is 1. The molecule has 1 N–H and O–H groups in total. The van der Waals surface area contributed by atoms with Crippen molar-refractivity contribution in [1.29, 1.82) is 0 Å². The number of benzene rings is 1. The number of hydrogen-bond acceptors (Lipinski definition) is 3. The number of aliphatic hydroxyl groups excluding tert-OH is 1. The normalized spacial score (nSPS) is 29.7. The van der Waals surface area contributed by atoms with Gasteiger partial charge >= 0.3 is 0 Å². The minimum atomic E-state index is -0.266. The molecule has 0 aromatic heterocycles. The number of piperidine rings is 1. The number of amides is 2. The maximum absolute atomic E-state index is 12.0. The number of carbonyl (C=O) groups excluding carboxylic acids is 2. The minimum absolute atomic E-state index is 0.0705. The zero-order chi connectivity index (χ0) is 12.9. The second-order valence-electron chi connectivity index (χ2n) is 4.79. The third kappa shape index (κ3) is 1.69. The van der Waals surface area contributed by atoms with Gasteiger partial charge in [-0.1, -0.05) is 28.1 Å². The number of fused-ring (bicyclic) bond motifs is 1. The predicted molar refractivity (Wildman–Crippen MR) is 67.3 cm³/mol. The lowest BCUT2D eigenvalue weighted by molar-refractivity contribution is -0.143. The fourth-order valence-corrected chi connectivity index (χ4v) is 2.94. The molecule has 4 nitrogen and oxygen atoms in total. The Morgan fingerprint density at radius 2 is 1.67 bits per heavy atom. The van der Waals surface area contributed by atoms with Crippen LogP contribution in [0.2, 0.25) is 0 Å². The van der Waals surface area contributed by atoms with Crippen LogP contribution < -0.4 is 0 Å². The molecule has 1 saturated heterocycles. The van der Waals surface area contributed by atoms with Crippen molar-refractivity contribution in [3.8, 4) is 0 Å². The molecule has 94 valence electrons. The third-order valence-electron chi connectivity index (χ3n) is 3.74. The molecule has 2 unspecified atom stereocenters. The molecule has 0 spiro atoms. The van der Waals surface area contributed by atoms with Crippen LogP contribution in [-0.2, 0) is 16.1 Å². The predicted octanol–water partition coefficient (Wildman–Crippen LogP) is 1.17. The Hall–Kier alpha value is -1.20. The highest BCUT2D eigenvalue weighted by Crippen LogP contribution is 2.53. The Morgan fingerprint density at radius 1 is 1.11 bits per heavy atom. The molecule has 1 aliphatic carbocycles. The van der Waals surface area contributed by atoms with Crippen LogP contribution in [0.3, 0.4) is 0 Å². The lowest BCUT2D eigenvalue weighted by atomic mass is 10.2. The van der Waals surface area contributed by atoms with E-state index in [2.05, 4.69) is 15.9 Å². The van der Waals surface area contributed by atoms with E-state index in [9.17, 15) is 9.59 Å². The first kappa shape index (κ1) is 11.9. The van der Waals surface area contributed by atoms with Crippen molar-refractivity contribution < 1.29 is 14.7 Å². The van der Waals surface area contributed by atoms with Crippen LogP contribution in [-0.4, -0.2) is 28.4 Å². The summed E-state index contributed by atoms with van der Waals surface area (Å²) in [5, 5.41) is 9.03. The van der Waals surface area contributed by atoms with Gasteiger partial charge in [0.2, 0.25) is 11.8 Å². The molecule has 1 aromatic carbocycles. The Bertz CT molecular complexity index is 491. The summed E-state index contributed by atoms with van der Waals surface area (Å²) in [6.45, 7) is 0.259. The summed E-state index contributed by atoms with van der Waals surface area (Å²) in [5.74, 6) is -0.930. The van der Waals surface area contributed by atoms with Gasteiger partial charge in [-0.25, -0.2) is 0 Å². The highest BCUT2D eigenvalue weighted by molar-refractivity contribution is 9.10. The average molecular weight is 310 g/mol. The molecule has 2 fully saturated rings. The molecule has 1 heterocycles. The van der Waals surface area contributed by atoms with Crippen LogP contribution in [0.25, 0.3) is 0 Å². The topological polar surface area (TPSA) is 57.6 Å². The maximum atomic E-state index is 12.0. The standard InChI is InChI=1S/C13H12BrNO3/c14-8-3-1-7(2-4-8)5-15-12(17)10-9(6-16)11(10)13(15)18/h1-4,9-11,16H,5-6H2. The van der Waals surface area contributed by atoms with E-state index in [-0.39, 0.29) is 36.2 Å².